The summed E-state index contributed by atoms with van der Waals surface area (Å²) < 4.78 is 18.9. The number of pyridine rings is 1. The Balaban J connectivity index is 1.45. The first-order valence-electron chi connectivity index (χ1n) is 12.0. The van der Waals surface area contributed by atoms with E-state index in [0.717, 1.165) is 40.7 Å². The van der Waals surface area contributed by atoms with Crippen LogP contribution in [0.5, 0.6) is 5.75 Å². The smallest absolute Gasteiger partial charge is 0.254 e. The van der Waals surface area contributed by atoms with Gasteiger partial charge in [0.05, 0.1) is 28.4 Å². The highest BCUT2D eigenvalue weighted by Crippen LogP contribution is 2.29. The molecule has 4 aromatic rings. The Hall–Kier alpha value is -3.35. The molecule has 4 rings (SSSR count). The molecule has 0 aliphatic carbocycles. The molecule has 1 atom stereocenters. The van der Waals surface area contributed by atoms with Gasteiger partial charge in [0.2, 0.25) is 0 Å². The number of nitrogens with one attached hydrogen (secondary N) is 1. The minimum absolute atomic E-state index is 0.116. The Morgan fingerprint density at radius 1 is 1.08 bits per heavy atom. The lowest BCUT2D eigenvalue weighted by atomic mass is 10.1. The monoisotopic (exact) mass is 539 g/mol. The summed E-state index contributed by atoms with van der Waals surface area (Å²) in [5.41, 5.74) is 3.08. The topological polar surface area (TPSA) is 54.5 Å². The molecule has 1 aromatic heterocycles. The van der Waals surface area contributed by atoms with Gasteiger partial charge in [-0.3, -0.25) is 9.78 Å². The molecule has 0 bridgehead atoms. The number of nitrogens with zero attached hydrogens (tertiary/aromatic N) is 2. The molecule has 0 saturated heterocycles. The van der Waals surface area contributed by atoms with E-state index in [-0.39, 0.29) is 17.8 Å². The average molecular weight is 540 g/mol. The van der Waals surface area contributed by atoms with E-state index >= 15 is 0 Å². The molecule has 0 aliphatic heterocycles. The van der Waals surface area contributed by atoms with Crippen molar-refractivity contribution in [2.45, 2.75) is 32.4 Å². The fraction of sp³-hybridized carbons (Fsp3) is 0.241. The minimum Gasteiger partial charge on any atom is -0.497 e. The lowest BCUT2D eigenvalue weighted by molar-refractivity contribution is 0.0739. The zero-order chi connectivity index (χ0) is 26.4. The summed E-state index contributed by atoms with van der Waals surface area (Å²) in [5.74, 6) is 0.282. The molecular weight excluding hydrogens is 512 g/mol. The van der Waals surface area contributed by atoms with Crippen molar-refractivity contribution < 1.29 is 13.9 Å². The summed E-state index contributed by atoms with van der Waals surface area (Å²) in [4.78, 5) is 19.7. The van der Waals surface area contributed by atoms with E-state index in [9.17, 15) is 9.18 Å². The van der Waals surface area contributed by atoms with Crippen molar-refractivity contribution in [1.29, 1.82) is 0 Å². The minimum atomic E-state index is -0.314. The van der Waals surface area contributed by atoms with Gasteiger partial charge in [-0.15, -0.1) is 0 Å². The first kappa shape index (κ1) is 26.7. The molecule has 0 aliphatic rings. The lowest BCUT2D eigenvalue weighted by Gasteiger charge is -2.24. The van der Waals surface area contributed by atoms with Crippen LogP contribution in [0.3, 0.4) is 0 Å². The number of fused-ring (bicyclic) bond motifs is 1. The standard InChI is InChI=1S/C29H28Cl2FN3O2/c1-19(34-27-17-24(37-2)15-21-6-3-13-33-28(21)27)5-4-14-35(18-20-7-10-23(32)11-8-20)29(36)22-9-12-25(30)26(31)16-22/h3,6-13,15-17,19,34H,4-5,14,18H2,1-2H3. The van der Waals surface area contributed by atoms with Crippen LogP contribution < -0.4 is 10.1 Å². The largest absolute Gasteiger partial charge is 0.497 e. The van der Waals surface area contributed by atoms with Gasteiger partial charge in [0.15, 0.2) is 0 Å². The first-order chi connectivity index (χ1) is 17.8. The van der Waals surface area contributed by atoms with Gasteiger partial charge in [-0.05, 0) is 67.8 Å². The number of aromatic nitrogens is 1. The second-order valence-electron chi connectivity index (χ2n) is 8.92. The van der Waals surface area contributed by atoms with Crippen LogP contribution >= 0.6 is 23.2 Å². The van der Waals surface area contributed by atoms with E-state index in [2.05, 4.69) is 17.2 Å². The summed E-state index contributed by atoms with van der Waals surface area (Å²) in [6.07, 6.45) is 3.32. The normalized spacial score (nSPS) is 11.8. The number of methoxy groups -OCH3 is 1. The Morgan fingerprint density at radius 3 is 2.59 bits per heavy atom. The van der Waals surface area contributed by atoms with Crippen LogP contribution in [0.25, 0.3) is 10.9 Å². The molecule has 0 spiro atoms. The summed E-state index contributed by atoms with van der Waals surface area (Å²) in [6, 6.07) is 19.0. The van der Waals surface area contributed by atoms with Crippen molar-refractivity contribution in [3.05, 3.63) is 99.9 Å². The van der Waals surface area contributed by atoms with E-state index in [1.165, 1.54) is 12.1 Å². The highest BCUT2D eigenvalue weighted by atomic mass is 35.5. The molecule has 37 heavy (non-hydrogen) atoms. The molecule has 0 fully saturated rings. The van der Waals surface area contributed by atoms with E-state index < -0.39 is 0 Å². The number of amides is 1. The van der Waals surface area contributed by atoms with Gasteiger partial charge in [0.1, 0.15) is 11.6 Å². The predicted octanol–water partition coefficient (Wildman–Crippen LogP) is 7.61. The van der Waals surface area contributed by atoms with Crippen LogP contribution in [-0.4, -0.2) is 35.5 Å². The SMILES string of the molecule is COc1cc(NC(C)CCCN(Cc2ccc(F)cc2)C(=O)c2ccc(Cl)c(Cl)c2)c2ncccc2c1. The van der Waals surface area contributed by atoms with Crippen molar-refractivity contribution >= 4 is 45.7 Å². The lowest BCUT2D eigenvalue weighted by Crippen LogP contribution is -2.32. The predicted molar refractivity (Wildman–Crippen MR) is 148 cm³/mol. The maximum Gasteiger partial charge on any atom is 0.254 e. The van der Waals surface area contributed by atoms with Gasteiger partial charge in [-0.25, -0.2) is 4.39 Å². The van der Waals surface area contributed by atoms with Gasteiger partial charge in [-0.1, -0.05) is 41.4 Å². The number of ether oxygens (including phenoxy) is 1. The third-order valence-corrected chi connectivity index (χ3v) is 6.86. The highest BCUT2D eigenvalue weighted by molar-refractivity contribution is 6.42. The van der Waals surface area contributed by atoms with Crippen molar-refractivity contribution in [3.63, 3.8) is 0 Å². The number of halogens is 3. The van der Waals surface area contributed by atoms with Crippen LogP contribution in [0, 0.1) is 5.82 Å². The molecule has 5 nitrogen and oxygen atoms in total. The molecule has 1 heterocycles. The summed E-state index contributed by atoms with van der Waals surface area (Å²) in [7, 11) is 1.64. The number of carbonyl (C=O) groups excluding carboxylic acids is 1. The van der Waals surface area contributed by atoms with Gasteiger partial charge in [0, 0.05) is 42.3 Å². The zero-order valence-electron chi connectivity index (χ0n) is 20.7. The molecule has 8 heteroatoms. The fourth-order valence-corrected chi connectivity index (χ4v) is 4.49. The summed E-state index contributed by atoms with van der Waals surface area (Å²) >= 11 is 12.2. The third-order valence-electron chi connectivity index (χ3n) is 6.12. The van der Waals surface area contributed by atoms with E-state index in [1.54, 1.807) is 48.5 Å². The maximum atomic E-state index is 13.4. The van der Waals surface area contributed by atoms with Gasteiger partial charge in [0.25, 0.3) is 5.91 Å². The van der Waals surface area contributed by atoms with Crippen LogP contribution in [0.4, 0.5) is 10.1 Å². The van der Waals surface area contributed by atoms with Gasteiger partial charge >= 0.3 is 0 Å². The average Bonchev–Trinajstić information content (AvgIpc) is 2.90. The second kappa shape index (κ2) is 12.3. The summed E-state index contributed by atoms with van der Waals surface area (Å²) in [5, 5.41) is 5.26. The molecule has 1 amide bonds. The number of benzene rings is 3. The summed E-state index contributed by atoms with van der Waals surface area (Å²) in [6.45, 7) is 2.96. The van der Waals surface area contributed by atoms with E-state index in [4.69, 9.17) is 27.9 Å². The maximum absolute atomic E-state index is 13.4. The second-order valence-corrected chi connectivity index (χ2v) is 9.73. The van der Waals surface area contributed by atoms with Crippen LogP contribution in [0.2, 0.25) is 10.0 Å². The van der Waals surface area contributed by atoms with Gasteiger partial charge in [-0.2, -0.15) is 0 Å². The first-order valence-corrected chi connectivity index (χ1v) is 12.8. The molecule has 1 N–H and O–H groups in total. The zero-order valence-corrected chi connectivity index (χ0v) is 22.2. The number of hydrogen-bond donors (Lipinski definition) is 1. The Labute approximate surface area is 226 Å². The highest BCUT2D eigenvalue weighted by Gasteiger charge is 2.18. The Kier molecular flexibility index (Phi) is 8.85. The molecule has 3 aromatic carbocycles. The number of rotatable bonds is 10. The van der Waals surface area contributed by atoms with Crippen LogP contribution in [0.15, 0.2) is 72.9 Å². The van der Waals surface area contributed by atoms with E-state index in [0.29, 0.717) is 28.7 Å². The molecule has 0 radical (unpaired) electrons. The number of carbonyl (C=O) groups is 1. The van der Waals surface area contributed by atoms with Crippen molar-refractivity contribution in [1.82, 2.24) is 9.88 Å². The number of hydrogen-bond acceptors (Lipinski definition) is 4. The Morgan fingerprint density at radius 2 is 1.86 bits per heavy atom. The fourth-order valence-electron chi connectivity index (χ4n) is 4.19. The quantitative estimate of drug-likeness (QED) is 0.225. The van der Waals surface area contributed by atoms with Crippen LogP contribution in [-0.2, 0) is 6.54 Å². The third kappa shape index (κ3) is 6.90. The van der Waals surface area contributed by atoms with Crippen molar-refractivity contribution in [3.8, 4) is 5.75 Å². The van der Waals surface area contributed by atoms with Crippen molar-refractivity contribution in [2.24, 2.45) is 0 Å². The van der Waals surface area contributed by atoms with Crippen molar-refractivity contribution in [2.75, 3.05) is 19.0 Å². The van der Waals surface area contributed by atoms with Gasteiger partial charge < -0.3 is 15.0 Å². The molecule has 192 valence electrons. The van der Waals surface area contributed by atoms with E-state index in [1.807, 2.05) is 24.3 Å². The number of anilines is 1. The Bertz CT molecular complexity index is 1380. The van der Waals surface area contributed by atoms with Crippen LogP contribution in [0.1, 0.15) is 35.7 Å². The molecule has 1 unspecified atom stereocenters. The molecule has 0 saturated carbocycles. The molecular formula is C29H28Cl2FN3O2.